The molecule has 0 aliphatic heterocycles. The van der Waals surface area contributed by atoms with Gasteiger partial charge in [0, 0.05) is 36.6 Å². The number of pyridine rings is 2. The van der Waals surface area contributed by atoms with Crippen LogP contribution in [0.1, 0.15) is 71.4 Å². The Hall–Kier alpha value is -4.17. The van der Waals surface area contributed by atoms with Gasteiger partial charge in [-0.25, -0.2) is 4.68 Å². The zero-order valence-corrected chi connectivity index (χ0v) is 22.4. The maximum atomic E-state index is 13.8. The number of nitrogens with zero attached hydrogens (tertiary/aromatic N) is 6. The molecule has 6 rings (SSSR count). The minimum Gasteiger partial charge on any atom is -0.322 e. The summed E-state index contributed by atoms with van der Waals surface area (Å²) in [5.74, 6) is 0.704. The average molecular weight is 520 g/mol. The second kappa shape index (κ2) is 10.9. The molecular weight excluding hydrogens is 486 g/mol. The fourth-order valence-electron chi connectivity index (χ4n) is 5.77. The molecule has 39 heavy (non-hydrogen) atoms. The Kier molecular flexibility index (Phi) is 7.02. The van der Waals surface area contributed by atoms with Gasteiger partial charge >= 0.3 is 0 Å². The number of tetrazole rings is 1. The number of hydrogen-bond donors (Lipinski definition) is 1. The van der Waals surface area contributed by atoms with Gasteiger partial charge in [-0.15, -0.1) is 5.10 Å². The molecule has 1 N–H and O–H groups in total. The summed E-state index contributed by atoms with van der Waals surface area (Å²) in [6, 6.07) is 20.3. The molecule has 2 aromatic carbocycles. The lowest BCUT2D eigenvalue weighted by atomic mass is 9.99. The highest BCUT2D eigenvalue weighted by Gasteiger charge is 2.33. The molecule has 3 aromatic heterocycles. The lowest BCUT2D eigenvalue weighted by Crippen LogP contribution is -2.35. The molecule has 1 unspecified atom stereocenters. The van der Waals surface area contributed by atoms with Crippen molar-refractivity contribution in [3.63, 3.8) is 0 Å². The molecule has 0 amide bonds. The first-order valence-corrected chi connectivity index (χ1v) is 13.7. The number of benzene rings is 2. The van der Waals surface area contributed by atoms with Gasteiger partial charge in [0.25, 0.3) is 5.56 Å². The van der Waals surface area contributed by atoms with Crippen molar-refractivity contribution in [3.8, 4) is 0 Å². The van der Waals surface area contributed by atoms with Crippen LogP contribution in [0.5, 0.6) is 0 Å². The van der Waals surface area contributed by atoms with Crippen LogP contribution in [-0.4, -0.2) is 35.1 Å². The Morgan fingerprint density at radius 2 is 1.72 bits per heavy atom. The molecule has 1 fully saturated rings. The fraction of sp³-hybridized carbons (Fsp3) is 0.323. The van der Waals surface area contributed by atoms with E-state index in [4.69, 9.17) is 0 Å². The predicted octanol–water partition coefficient (Wildman–Crippen LogP) is 5.43. The van der Waals surface area contributed by atoms with Crippen LogP contribution in [0.2, 0.25) is 0 Å². The molecule has 0 spiro atoms. The van der Waals surface area contributed by atoms with Crippen LogP contribution in [0.25, 0.3) is 10.9 Å². The standard InChI is InChI=1S/C31H33N7O/c1-21-15-25-17-27(31(39)33-28(25)16-22(21)2)29(30-34-35-36-38(30)26-12-6-7-13-26)37(19-23-9-4-3-5-10-23)20-24-11-8-14-32-18-24/h3-5,8-11,14-18,26,29H,6-7,12-13,19-20H2,1-2H3,(H,33,39). The van der Waals surface area contributed by atoms with Crippen LogP contribution in [0.4, 0.5) is 0 Å². The average Bonchev–Trinajstić information content (AvgIpc) is 3.64. The van der Waals surface area contributed by atoms with Crippen LogP contribution in [0.3, 0.4) is 0 Å². The largest absolute Gasteiger partial charge is 0.322 e. The highest BCUT2D eigenvalue weighted by atomic mass is 16.1. The van der Waals surface area contributed by atoms with Gasteiger partial charge in [-0.2, -0.15) is 0 Å². The minimum atomic E-state index is -0.462. The van der Waals surface area contributed by atoms with Gasteiger partial charge in [0.2, 0.25) is 0 Å². The molecule has 8 heteroatoms. The summed E-state index contributed by atoms with van der Waals surface area (Å²) in [7, 11) is 0. The number of rotatable bonds is 8. The zero-order valence-electron chi connectivity index (χ0n) is 22.4. The van der Waals surface area contributed by atoms with Crippen molar-refractivity contribution in [1.29, 1.82) is 0 Å². The number of hydrogen-bond acceptors (Lipinski definition) is 6. The maximum Gasteiger partial charge on any atom is 0.253 e. The number of aromatic nitrogens is 6. The first-order chi connectivity index (χ1) is 19.1. The maximum absolute atomic E-state index is 13.8. The van der Waals surface area contributed by atoms with Crippen molar-refractivity contribution in [3.05, 3.63) is 117 Å². The predicted molar refractivity (Wildman–Crippen MR) is 151 cm³/mol. The third-order valence-corrected chi connectivity index (χ3v) is 7.92. The molecule has 198 valence electrons. The number of aryl methyl sites for hydroxylation is 2. The molecule has 5 aromatic rings. The first-order valence-electron chi connectivity index (χ1n) is 13.7. The van der Waals surface area contributed by atoms with Gasteiger partial charge in [-0.05, 0) is 89.0 Å². The van der Waals surface area contributed by atoms with Crippen molar-refractivity contribution >= 4 is 10.9 Å². The molecule has 3 heterocycles. The van der Waals surface area contributed by atoms with Gasteiger partial charge in [0.15, 0.2) is 5.82 Å². The fourth-order valence-corrected chi connectivity index (χ4v) is 5.77. The Morgan fingerprint density at radius 3 is 2.49 bits per heavy atom. The molecule has 1 aliphatic rings. The van der Waals surface area contributed by atoms with Crippen molar-refractivity contribution in [2.45, 2.75) is 64.7 Å². The molecule has 8 nitrogen and oxygen atoms in total. The van der Waals surface area contributed by atoms with Gasteiger partial charge in [-0.1, -0.05) is 49.2 Å². The van der Waals surface area contributed by atoms with E-state index in [2.05, 4.69) is 68.5 Å². The number of fused-ring (bicyclic) bond motifs is 1. The third kappa shape index (κ3) is 5.25. The van der Waals surface area contributed by atoms with E-state index >= 15 is 0 Å². The summed E-state index contributed by atoms with van der Waals surface area (Å²) < 4.78 is 1.98. The molecule has 1 atom stereocenters. The summed E-state index contributed by atoms with van der Waals surface area (Å²) in [6.45, 7) is 5.36. The third-order valence-electron chi connectivity index (χ3n) is 7.92. The Labute approximate surface area is 227 Å². The van der Waals surface area contributed by atoms with Gasteiger partial charge < -0.3 is 4.98 Å². The van der Waals surface area contributed by atoms with Crippen LogP contribution in [-0.2, 0) is 13.1 Å². The van der Waals surface area contributed by atoms with E-state index in [1.165, 1.54) is 5.56 Å². The molecular formula is C31H33N7O. The van der Waals surface area contributed by atoms with Crippen LogP contribution in [0, 0.1) is 13.8 Å². The Balaban J connectivity index is 1.54. The lowest BCUT2D eigenvalue weighted by Gasteiger charge is -2.32. The molecule has 1 aliphatic carbocycles. The second-order valence-corrected chi connectivity index (χ2v) is 10.7. The smallest absolute Gasteiger partial charge is 0.253 e. The summed E-state index contributed by atoms with van der Waals surface area (Å²) in [5.41, 5.74) is 5.89. The van der Waals surface area contributed by atoms with E-state index in [0.717, 1.165) is 53.3 Å². The molecule has 0 saturated heterocycles. The lowest BCUT2D eigenvalue weighted by molar-refractivity contribution is 0.190. The summed E-state index contributed by atoms with van der Waals surface area (Å²) in [6.07, 6.45) is 8.06. The van der Waals surface area contributed by atoms with E-state index < -0.39 is 6.04 Å². The van der Waals surface area contributed by atoms with Gasteiger partial charge in [0.05, 0.1) is 6.04 Å². The highest BCUT2D eigenvalue weighted by molar-refractivity contribution is 5.81. The number of H-pyrrole nitrogens is 1. The van der Waals surface area contributed by atoms with Crippen molar-refractivity contribution in [1.82, 2.24) is 35.1 Å². The summed E-state index contributed by atoms with van der Waals surface area (Å²) in [4.78, 5) is 23.7. The Bertz CT molecular complexity index is 1580. The van der Waals surface area contributed by atoms with E-state index in [1.54, 1.807) is 6.20 Å². The van der Waals surface area contributed by atoms with Crippen LogP contribution in [0.15, 0.2) is 77.9 Å². The van der Waals surface area contributed by atoms with Crippen molar-refractivity contribution < 1.29 is 0 Å². The van der Waals surface area contributed by atoms with Crippen LogP contribution >= 0.6 is 0 Å². The summed E-state index contributed by atoms with van der Waals surface area (Å²) >= 11 is 0. The van der Waals surface area contributed by atoms with Crippen molar-refractivity contribution in [2.75, 3.05) is 0 Å². The second-order valence-electron chi connectivity index (χ2n) is 10.7. The zero-order chi connectivity index (χ0) is 26.8. The van der Waals surface area contributed by atoms with Gasteiger partial charge in [-0.3, -0.25) is 14.7 Å². The van der Waals surface area contributed by atoms with E-state index in [1.807, 2.05) is 47.3 Å². The number of aromatic amines is 1. The normalized spacial score (nSPS) is 14.8. The van der Waals surface area contributed by atoms with E-state index in [9.17, 15) is 4.79 Å². The highest BCUT2D eigenvalue weighted by Crippen LogP contribution is 2.35. The molecule has 0 bridgehead atoms. The topological polar surface area (TPSA) is 92.6 Å². The number of nitrogens with one attached hydrogen (secondary N) is 1. The van der Waals surface area contributed by atoms with E-state index in [-0.39, 0.29) is 11.6 Å². The monoisotopic (exact) mass is 519 g/mol. The quantitative estimate of drug-likeness (QED) is 0.294. The summed E-state index contributed by atoms with van der Waals surface area (Å²) in [5, 5.41) is 14.2. The SMILES string of the molecule is Cc1cc2cc(C(c3nnnn3C3CCCC3)N(Cc3ccccc3)Cc3cccnc3)c(=O)[nH]c2cc1C. The minimum absolute atomic E-state index is 0.124. The van der Waals surface area contributed by atoms with Crippen molar-refractivity contribution in [2.24, 2.45) is 0 Å². The van der Waals surface area contributed by atoms with E-state index in [0.29, 0.717) is 24.5 Å². The molecule has 0 radical (unpaired) electrons. The molecule has 1 saturated carbocycles. The first kappa shape index (κ1) is 25.1. The Morgan fingerprint density at radius 1 is 0.974 bits per heavy atom. The van der Waals surface area contributed by atoms with Crippen LogP contribution < -0.4 is 5.56 Å². The van der Waals surface area contributed by atoms with Gasteiger partial charge in [0.1, 0.15) is 6.04 Å².